The first-order chi connectivity index (χ1) is 17.7. The molecule has 3 aromatic carbocycles. The maximum atomic E-state index is 4.79. The summed E-state index contributed by atoms with van der Waals surface area (Å²) in [6.45, 7) is 4.20. The van der Waals surface area contributed by atoms with Gasteiger partial charge in [0, 0.05) is 43.3 Å². The summed E-state index contributed by atoms with van der Waals surface area (Å²) in [6, 6.07) is 34.5. The van der Waals surface area contributed by atoms with Gasteiger partial charge in [-0.1, -0.05) is 67.8 Å². The molecule has 1 aliphatic rings. The van der Waals surface area contributed by atoms with Crippen molar-refractivity contribution in [3.8, 4) is 22.4 Å². The van der Waals surface area contributed by atoms with Crippen molar-refractivity contribution in [1.29, 1.82) is 0 Å². The fourth-order valence-corrected chi connectivity index (χ4v) is 4.90. The van der Waals surface area contributed by atoms with Gasteiger partial charge in [-0.15, -0.1) is 41.8 Å². The fourth-order valence-electron chi connectivity index (χ4n) is 4.90. The molecule has 2 aromatic heterocycles. The van der Waals surface area contributed by atoms with Crippen LogP contribution in [0, 0.1) is 26.3 Å². The Balaban J connectivity index is 0.000000195. The molecular weight excluding hydrogens is 629 g/mol. The van der Waals surface area contributed by atoms with E-state index in [0.29, 0.717) is 5.92 Å². The SMILES string of the molecule is Cc1cc(C2[CH-]CCCC2)ncc1-c1ccc2ccccc2c1.Cc1cccc(-c2[c-]cccc2)n1.[Ir]. The number of benzene rings is 3. The fraction of sp³-hybridized carbons (Fsp3) is 0.206. The standard InChI is InChI=1S/C22H22N.C12H10N.Ir/c1-16-13-22(18-8-3-2-4-9-18)23-15-21(16)20-12-11-17-7-5-6-10-19(17)14-20;1-10-6-5-9-12(13-10)11-7-3-2-4-8-11;/h5-8,10-15,18H,2-4,9H2,1H3;2-7,9H,1H3;/q2*-1;. The minimum atomic E-state index is 0. The predicted molar refractivity (Wildman–Crippen MR) is 151 cm³/mol. The van der Waals surface area contributed by atoms with Crippen LogP contribution in [0.5, 0.6) is 0 Å². The van der Waals surface area contributed by atoms with E-state index >= 15 is 0 Å². The summed E-state index contributed by atoms with van der Waals surface area (Å²) in [5.41, 5.74) is 8.14. The summed E-state index contributed by atoms with van der Waals surface area (Å²) in [6.07, 6.45) is 9.66. The molecule has 1 aliphatic carbocycles. The Morgan fingerprint density at radius 2 is 1.68 bits per heavy atom. The number of rotatable bonds is 3. The van der Waals surface area contributed by atoms with Crippen LogP contribution >= 0.6 is 0 Å². The molecule has 0 spiro atoms. The molecule has 5 aromatic rings. The average Bonchev–Trinajstić information content (AvgIpc) is 2.94. The van der Waals surface area contributed by atoms with Crippen molar-refractivity contribution in [3.63, 3.8) is 0 Å². The molecule has 1 fully saturated rings. The molecule has 0 aliphatic heterocycles. The van der Waals surface area contributed by atoms with E-state index in [0.717, 1.165) is 17.0 Å². The molecule has 2 nitrogen and oxygen atoms in total. The maximum Gasteiger partial charge on any atom is 0.0351 e. The third-order valence-electron chi connectivity index (χ3n) is 6.87. The number of aromatic nitrogens is 2. The molecular formula is C34H32IrN2-2. The van der Waals surface area contributed by atoms with E-state index in [-0.39, 0.29) is 20.1 Å². The van der Waals surface area contributed by atoms with Gasteiger partial charge >= 0.3 is 0 Å². The maximum absolute atomic E-state index is 4.79. The van der Waals surface area contributed by atoms with Crippen molar-refractivity contribution in [2.24, 2.45) is 0 Å². The molecule has 1 radical (unpaired) electrons. The number of nitrogens with zero attached hydrogens (tertiary/aromatic N) is 2. The van der Waals surface area contributed by atoms with E-state index in [1.807, 2.05) is 49.4 Å². The first-order valence-corrected chi connectivity index (χ1v) is 12.9. The van der Waals surface area contributed by atoms with E-state index < -0.39 is 0 Å². The van der Waals surface area contributed by atoms with Gasteiger partial charge in [0.2, 0.25) is 0 Å². The molecule has 2 heterocycles. The summed E-state index contributed by atoms with van der Waals surface area (Å²) < 4.78 is 0. The summed E-state index contributed by atoms with van der Waals surface area (Å²) in [4.78, 5) is 9.20. The van der Waals surface area contributed by atoms with Crippen LogP contribution in [0.4, 0.5) is 0 Å². The zero-order valence-corrected chi connectivity index (χ0v) is 23.8. The van der Waals surface area contributed by atoms with E-state index in [1.54, 1.807) is 0 Å². The van der Waals surface area contributed by atoms with Crippen LogP contribution in [0.25, 0.3) is 33.2 Å². The molecule has 0 bridgehead atoms. The van der Waals surface area contributed by atoms with Crippen molar-refractivity contribution in [3.05, 3.63) is 127 Å². The van der Waals surface area contributed by atoms with Gasteiger partial charge in [-0.05, 0) is 59.6 Å². The van der Waals surface area contributed by atoms with Crippen molar-refractivity contribution < 1.29 is 20.1 Å². The zero-order chi connectivity index (χ0) is 24.7. The summed E-state index contributed by atoms with van der Waals surface area (Å²) >= 11 is 0. The third-order valence-corrected chi connectivity index (χ3v) is 6.87. The van der Waals surface area contributed by atoms with Crippen LogP contribution in [0.2, 0.25) is 0 Å². The van der Waals surface area contributed by atoms with Gasteiger partial charge < -0.3 is 11.4 Å². The Bertz CT molecular complexity index is 1440. The van der Waals surface area contributed by atoms with Gasteiger partial charge in [-0.3, -0.25) is 4.98 Å². The average molecular weight is 661 g/mol. The van der Waals surface area contributed by atoms with Crippen LogP contribution in [0.3, 0.4) is 0 Å². The van der Waals surface area contributed by atoms with Crippen molar-refractivity contribution >= 4 is 10.8 Å². The monoisotopic (exact) mass is 661 g/mol. The van der Waals surface area contributed by atoms with Gasteiger partial charge in [0.05, 0.1) is 0 Å². The minimum absolute atomic E-state index is 0. The van der Waals surface area contributed by atoms with Crippen LogP contribution < -0.4 is 0 Å². The first kappa shape index (κ1) is 26.9. The summed E-state index contributed by atoms with van der Waals surface area (Å²) in [5, 5.41) is 2.57. The molecule has 6 rings (SSSR count). The van der Waals surface area contributed by atoms with Gasteiger partial charge in [0.15, 0.2) is 0 Å². The Labute approximate surface area is 234 Å². The van der Waals surface area contributed by atoms with E-state index in [1.165, 1.54) is 58.8 Å². The number of hydrogen-bond donors (Lipinski definition) is 0. The number of fused-ring (bicyclic) bond motifs is 1. The molecule has 0 amide bonds. The van der Waals surface area contributed by atoms with Gasteiger partial charge in [-0.25, -0.2) is 0 Å². The topological polar surface area (TPSA) is 25.8 Å². The Kier molecular flexibility index (Phi) is 9.39. The molecule has 189 valence electrons. The van der Waals surface area contributed by atoms with Crippen molar-refractivity contribution in [1.82, 2.24) is 9.97 Å². The number of pyridine rings is 2. The minimum Gasteiger partial charge on any atom is -0.320 e. The molecule has 37 heavy (non-hydrogen) atoms. The Morgan fingerprint density at radius 3 is 2.41 bits per heavy atom. The second kappa shape index (κ2) is 12.9. The molecule has 1 atom stereocenters. The molecule has 3 heteroatoms. The second-order valence-corrected chi connectivity index (χ2v) is 9.55. The van der Waals surface area contributed by atoms with E-state index in [4.69, 9.17) is 4.98 Å². The predicted octanol–water partition coefficient (Wildman–Crippen LogP) is 8.93. The Hall–Kier alpha value is -3.13. The normalized spacial score (nSPS) is 14.8. The number of aryl methyl sites for hydroxylation is 2. The summed E-state index contributed by atoms with van der Waals surface area (Å²) in [7, 11) is 0. The molecule has 1 unspecified atom stereocenters. The van der Waals surface area contributed by atoms with Crippen LogP contribution in [0.1, 0.15) is 48.6 Å². The summed E-state index contributed by atoms with van der Waals surface area (Å²) in [5.74, 6) is 0.549. The van der Waals surface area contributed by atoms with Crippen molar-refractivity contribution in [2.45, 2.75) is 45.4 Å². The Morgan fingerprint density at radius 1 is 0.838 bits per heavy atom. The molecule has 0 N–H and O–H groups in total. The molecule has 1 saturated carbocycles. The van der Waals surface area contributed by atoms with Crippen molar-refractivity contribution in [2.75, 3.05) is 0 Å². The third kappa shape index (κ3) is 6.80. The van der Waals surface area contributed by atoms with Gasteiger partial charge in [-0.2, -0.15) is 6.42 Å². The second-order valence-electron chi connectivity index (χ2n) is 9.55. The van der Waals surface area contributed by atoms with Gasteiger partial charge in [0.25, 0.3) is 0 Å². The van der Waals surface area contributed by atoms with E-state index in [9.17, 15) is 0 Å². The first-order valence-electron chi connectivity index (χ1n) is 12.9. The smallest absolute Gasteiger partial charge is 0.0351 e. The zero-order valence-electron chi connectivity index (χ0n) is 21.4. The van der Waals surface area contributed by atoms with Crippen LogP contribution in [-0.4, -0.2) is 9.97 Å². The molecule has 0 saturated heterocycles. The van der Waals surface area contributed by atoms with Crippen LogP contribution in [-0.2, 0) is 20.1 Å². The number of hydrogen-bond acceptors (Lipinski definition) is 2. The van der Waals surface area contributed by atoms with Crippen LogP contribution in [0.15, 0.2) is 97.2 Å². The van der Waals surface area contributed by atoms with Gasteiger partial charge in [0.1, 0.15) is 0 Å². The largest absolute Gasteiger partial charge is 0.320 e. The van der Waals surface area contributed by atoms with E-state index in [2.05, 4.69) is 79.1 Å². The quantitative estimate of drug-likeness (QED) is 0.181.